The van der Waals surface area contributed by atoms with E-state index in [1.807, 2.05) is 13.2 Å². The fraction of sp³-hybridized carbons (Fsp3) is 0.706. The molecule has 0 bridgehead atoms. The second-order valence-corrected chi connectivity index (χ2v) is 7.26. The van der Waals surface area contributed by atoms with Crippen LogP contribution in [-0.2, 0) is 4.74 Å². The summed E-state index contributed by atoms with van der Waals surface area (Å²) in [7, 11) is 2.02. The lowest BCUT2D eigenvalue weighted by atomic mass is 9.79. The second kappa shape index (κ2) is 5.12. The van der Waals surface area contributed by atoms with Crippen LogP contribution in [0.5, 0.6) is 0 Å². The van der Waals surface area contributed by atoms with Gasteiger partial charge in [0.1, 0.15) is 0 Å². The standard InChI is InChI=1S/C17H28N2O/c1-11-8-12(2)14(19-10-11)15(18-7)13-9-16(3,4)20-17(13,5)6/h8,10,13,15,18H,9H2,1-7H3. The summed E-state index contributed by atoms with van der Waals surface area (Å²) >= 11 is 0. The van der Waals surface area contributed by atoms with E-state index in [-0.39, 0.29) is 17.2 Å². The van der Waals surface area contributed by atoms with Gasteiger partial charge >= 0.3 is 0 Å². The third kappa shape index (κ3) is 2.89. The highest BCUT2D eigenvalue weighted by molar-refractivity contribution is 5.27. The van der Waals surface area contributed by atoms with Gasteiger partial charge in [-0.2, -0.15) is 0 Å². The molecule has 1 aliphatic heterocycles. The van der Waals surface area contributed by atoms with Crippen molar-refractivity contribution >= 4 is 0 Å². The number of aromatic nitrogens is 1. The van der Waals surface area contributed by atoms with E-state index in [1.54, 1.807) is 0 Å². The zero-order valence-corrected chi connectivity index (χ0v) is 13.9. The molecule has 0 saturated carbocycles. The molecule has 3 nitrogen and oxygen atoms in total. The molecule has 112 valence electrons. The molecule has 0 aliphatic carbocycles. The molecular formula is C17H28N2O. The third-order valence-corrected chi connectivity index (χ3v) is 4.41. The van der Waals surface area contributed by atoms with Gasteiger partial charge in [0.15, 0.2) is 0 Å². The monoisotopic (exact) mass is 276 g/mol. The smallest absolute Gasteiger partial charge is 0.0681 e. The third-order valence-electron chi connectivity index (χ3n) is 4.41. The van der Waals surface area contributed by atoms with Gasteiger partial charge in [-0.1, -0.05) is 6.07 Å². The highest BCUT2D eigenvalue weighted by Gasteiger charge is 2.49. The Balaban J connectivity index is 2.37. The van der Waals surface area contributed by atoms with Crippen LogP contribution >= 0.6 is 0 Å². The van der Waals surface area contributed by atoms with Crippen molar-refractivity contribution in [1.82, 2.24) is 10.3 Å². The summed E-state index contributed by atoms with van der Waals surface area (Å²) in [5.41, 5.74) is 3.41. The van der Waals surface area contributed by atoms with Gasteiger partial charge in [-0.25, -0.2) is 0 Å². The minimum absolute atomic E-state index is 0.0676. The molecule has 1 N–H and O–H groups in total. The van der Waals surface area contributed by atoms with Crippen molar-refractivity contribution in [2.45, 2.75) is 65.2 Å². The number of nitrogens with zero attached hydrogens (tertiary/aromatic N) is 1. The van der Waals surface area contributed by atoms with E-state index < -0.39 is 0 Å². The molecule has 0 aromatic carbocycles. The first-order valence-corrected chi connectivity index (χ1v) is 7.47. The summed E-state index contributed by atoms with van der Waals surface area (Å²) in [5, 5.41) is 3.47. The van der Waals surface area contributed by atoms with Gasteiger partial charge in [0.25, 0.3) is 0 Å². The van der Waals surface area contributed by atoms with Gasteiger partial charge in [-0.05, 0) is 66.1 Å². The Bertz CT molecular complexity index is 494. The molecule has 1 saturated heterocycles. The number of hydrogen-bond donors (Lipinski definition) is 1. The van der Waals surface area contributed by atoms with Gasteiger partial charge in [0, 0.05) is 12.1 Å². The van der Waals surface area contributed by atoms with E-state index in [0.717, 1.165) is 12.1 Å². The molecule has 1 aromatic rings. The van der Waals surface area contributed by atoms with Crippen LogP contribution in [0, 0.1) is 19.8 Å². The zero-order valence-electron chi connectivity index (χ0n) is 13.9. The predicted molar refractivity (Wildman–Crippen MR) is 82.9 cm³/mol. The van der Waals surface area contributed by atoms with Crippen LogP contribution in [0.3, 0.4) is 0 Å². The number of rotatable bonds is 3. The lowest BCUT2D eigenvalue weighted by Gasteiger charge is -2.33. The Morgan fingerprint density at radius 3 is 2.40 bits per heavy atom. The molecule has 2 rings (SSSR count). The van der Waals surface area contributed by atoms with Crippen molar-refractivity contribution < 1.29 is 4.74 Å². The fourth-order valence-corrected chi connectivity index (χ4v) is 3.70. The summed E-state index contributed by atoms with van der Waals surface area (Å²) < 4.78 is 6.25. The van der Waals surface area contributed by atoms with Gasteiger partial charge in [0.05, 0.1) is 22.9 Å². The van der Waals surface area contributed by atoms with Crippen molar-refractivity contribution in [3.8, 4) is 0 Å². The summed E-state index contributed by atoms with van der Waals surface area (Å²) in [5.74, 6) is 0.413. The number of hydrogen-bond acceptors (Lipinski definition) is 3. The molecule has 1 fully saturated rings. The van der Waals surface area contributed by atoms with Crippen molar-refractivity contribution in [2.24, 2.45) is 5.92 Å². The summed E-state index contributed by atoms with van der Waals surface area (Å²) in [6.07, 6.45) is 3.00. The Morgan fingerprint density at radius 1 is 1.30 bits per heavy atom. The first-order chi connectivity index (χ1) is 9.16. The second-order valence-electron chi connectivity index (χ2n) is 7.26. The SMILES string of the molecule is CNC(c1ncc(C)cc1C)C1CC(C)(C)OC1(C)C. The van der Waals surface area contributed by atoms with Crippen molar-refractivity contribution in [2.75, 3.05) is 7.05 Å². The van der Waals surface area contributed by atoms with E-state index in [9.17, 15) is 0 Å². The highest BCUT2D eigenvalue weighted by atomic mass is 16.5. The normalized spacial score (nSPS) is 25.6. The van der Waals surface area contributed by atoms with E-state index in [2.05, 4.69) is 57.9 Å². The average molecular weight is 276 g/mol. The zero-order chi connectivity index (χ0) is 15.1. The number of pyridine rings is 1. The topological polar surface area (TPSA) is 34.2 Å². The molecule has 2 atom stereocenters. The first kappa shape index (κ1) is 15.5. The highest BCUT2D eigenvalue weighted by Crippen LogP contribution is 2.47. The molecule has 20 heavy (non-hydrogen) atoms. The van der Waals surface area contributed by atoms with Crippen LogP contribution in [0.4, 0.5) is 0 Å². The largest absolute Gasteiger partial charge is 0.369 e. The van der Waals surface area contributed by atoms with Crippen LogP contribution in [0.2, 0.25) is 0 Å². The maximum absolute atomic E-state index is 6.25. The number of ether oxygens (including phenoxy) is 1. The average Bonchev–Trinajstić information content (AvgIpc) is 2.51. The van der Waals surface area contributed by atoms with E-state index >= 15 is 0 Å². The van der Waals surface area contributed by atoms with Crippen LogP contribution in [0.25, 0.3) is 0 Å². The molecule has 0 spiro atoms. The van der Waals surface area contributed by atoms with E-state index in [1.165, 1.54) is 11.1 Å². The predicted octanol–water partition coefficient (Wildman–Crippen LogP) is 3.55. The molecule has 2 unspecified atom stereocenters. The van der Waals surface area contributed by atoms with Gasteiger partial charge in [-0.15, -0.1) is 0 Å². The van der Waals surface area contributed by atoms with Crippen LogP contribution < -0.4 is 5.32 Å². The number of aryl methyl sites for hydroxylation is 2. The van der Waals surface area contributed by atoms with Crippen LogP contribution in [0.15, 0.2) is 12.3 Å². The Morgan fingerprint density at radius 2 is 1.95 bits per heavy atom. The minimum atomic E-state index is -0.143. The Labute approximate surface area is 123 Å². The molecular weight excluding hydrogens is 248 g/mol. The first-order valence-electron chi connectivity index (χ1n) is 7.47. The molecule has 0 amide bonds. The fourth-order valence-electron chi connectivity index (χ4n) is 3.70. The van der Waals surface area contributed by atoms with Gasteiger partial charge < -0.3 is 10.1 Å². The molecule has 0 radical (unpaired) electrons. The molecule has 2 heterocycles. The lowest BCUT2D eigenvalue weighted by Crippen LogP contribution is -2.38. The molecule has 3 heteroatoms. The van der Waals surface area contributed by atoms with Gasteiger partial charge in [-0.3, -0.25) is 4.98 Å². The van der Waals surface area contributed by atoms with Crippen LogP contribution in [-0.4, -0.2) is 23.2 Å². The maximum Gasteiger partial charge on any atom is 0.0681 e. The summed E-state index contributed by atoms with van der Waals surface area (Å²) in [4.78, 5) is 4.69. The number of nitrogens with one attached hydrogen (secondary N) is 1. The quantitative estimate of drug-likeness (QED) is 0.916. The van der Waals surface area contributed by atoms with E-state index in [4.69, 9.17) is 4.74 Å². The van der Waals surface area contributed by atoms with E-state index in [0.29, 0.717) is 5.92 Å². The lowest BCUT2D eigenvalue weighted by molar-refractivity contribution is -0.0778. The van der Waals surface area contributed by atoms with Crippen molar-refractivity contribution in [3.05, 3.63) is 29.1 Å². The van der Waals surface area contributed by atoms with Crippen molar-refractivity contribution in [1.29, 1.82) is 0 Å². The molecule has 1 aromatic heterocycles. The van der Waals surface area contributed by atoms with Gasteiger partial charge in [0.2, 0.25) is 0 Å². The summed E-state index contributed by atoms with van der Waals surface area (Å²) in [6.45, 7) is 13.0. The van der Waals surface area contributed by atoms with Crippen LogP contribution in [0.1, 0.15) is 57.0 Å². The Kier molecular flexibility index (Phi) is 3.96. The Hall–Kier alpha value is -0.930. The summed E-state index contributed by atoms with van der Waals surface area (Å²) in [6, 6.07) is 2.44. The van der Waals surface area contributed by atoms with Crippen molar-refractivity contribution in [3.63, 3.8) is 0 Å². The molecule has 1 aliphatic rings. The maximum atomic E-state index is 6.25. The minimum Gasteiger partial charge on any atom is -0.369 e.